The third-order valence-electron chi connectivity index (χ3n) is 6.26. The van der Waals surface area contributed by atoms with Crippen molar-refractivity contribution < 1.29 is 9.22 Å². The van der Waals surface area contributed by atoms with Crippen LogP contribution in [0.5, 0.6) is 0 Å². The Balaban J connectivity index is 2.06. The van der Waals surface area contributed by atoms with E-state index in [2.05, 4.69) is 101 Å². The Labute approximate surface area is 170 Å². The van der Waals surface area contributed by atoms with Crippen LogP contribution in [0, 0.1) is 11.3 Å². The van der Waals surface area contributed by atoms with Crippen molar-refractivity contribution in [1.82, 2.24) is 0 Å². The number of hydrogen-bond donors (Lipinski definition) is 0. The number of hydrogen-bond acceptors (Lipinski definition) is 2. The van der Waals surface area contributed by atoms with Gasteiger partial charge in [0.15, 0.2) is 0 Å². The van der Waals surface area contributed by atoms with Gasteiger partial charge in [-0.1, -0.05) is 101 Å². The van der Waals surface area contributed by atoms with Gasteiger partial charge in [0.05, 0.1) is 0 Å². The Morgan fingerprint density at radius 3 is 2.00 bits per heavy atom. The molecule has 0 aliphatic heterocycles. The quantitative estimate of drug-likeness (QED) is 0.403. The lowest BCUT2D eigenvalue weighted by Gasteiger charge is -2.45. The van der Waals surface area contributed by atoms with E-state index < -0.39 is 8.32 Å². The summed E-state index contributed by atoms with van der Waals surface area (Å²) in [6, 6.07) is 21.4. The predicted molar refractivity (Wildman–Crippen MR) is 120 cm³/mol. The van der Waals surface area contributed by atoms with Crippen LogP contribution in [-0.2, 0) is 9.22 Å². The molecule has 0 heterocycles. The van der Waals surface area contributed by atoms with Gasteiger partial charge in [0, 0.05) is 12.0 Å². The molecular weight excluding hydrogens is 360 g/mol. The largest absolute Gasteiger partial charge is 0.407 e. The first-order chi connectivity index (χ1) is 13.3. The molecule has 2 atom stereocenters. The van der Waals surface area contributed by atoms with Crippen molar-refractivity contribution in [1.29, 1.82) is 0 Å². The average Bonchev–Trinajstić information content (AvgIpc) is 2.70. The molecule has 0 unspecified atom stereocenters. The molecule has 0 bridgehead atoms. The Kier molecular flexibility index (Phi) is 6.06. The second kappa shape index (κ2) is 8.18. The van der Waals surface area contributed by atoms with E-state index in [4.69, 9.17) is 4.43 Å². The van der Waals surface area contributed by atoms with Gasteiger partial charge < -0.3 is 9.22 Å². The first kappa shape index (κ1) is 20.8. The molecule has 3 rings (SSSR count). The zero-order chi connectivity index (χ0) is 20.3. The molecular formula is C25H32O2Si. The highest BCUT2D eigenvalue weighted by atomic mass is 28.4. The van der Waals surface area contributed by atoms with Gasteiger partial charge in [-0.3, -0.25) is 0 Å². The topological polar surface area (TPSA) is 26.3 Å². The Hall–Kier alpha value is -1.97. The standard InChI is InChI=1S/C25H32O2Si/c1-24(2,3)28(22-14-7-5-8-15-22,23-16-9-6-10-17-23)27-19-21-13-11-12-18-25(21,4)20-26/h5-12,14-17,20-21H,13,18-19H2,1-4H3/t21-,25-/m1/s1. The minimum atomic E-state index is -2.55. The molecule has 0 aromatic heterocycles. The van der Waals surface area contributed by atoms with E-state index in [1.807, 2.05) is 0 Å². The SMILES string of the molecule is CC(C)(C)[Si](OC[C@H]1CC=CC[C@]1(C)C=O)(c1ccccc1)c1ccccc1. The second-order valence-corrected chi connectivity index (χ2v) is 13.5. The van der Waals surface area contributed by atoms with Crippen molar-refractivity contribution in [2.45, 2.75) is 45.6 Å². The molecule has 1 aliphatic rings. The molecule has 0 saturated carbocycles. The summed E-state index contributed by atoms with van der Waals surface area (Å²) in [5, 5.41) is 2.53. The Morgan fingerprint density at radius 2 is 1.54 bits per heavy atom. The summed E-state index contributed by atoms with van der Waals surface area (Å²) in [5.41, 5.74) is -0.347. The summed E-state index contributed by atoms with van der Waals surface area (Å²) < 4.78 is 7.05. The molecule has 0 saturated heterocycles. The van der Waals surface area contributed by atoms with Crippen molar-refractivity contribution in [2.24, 2.45) is 11.3 Å². The molecule has 0 radical (unpaired) electrons. The molecule has 28 heavy (non-hydrogen) atoms. The number of aldehydes is 1. The van der Waals surface area contributed by atoms with Gasteiger partial charge in [-0.05, 0) is 34.2 Å². The summed E-state index contributed by atoms with van der Waals surface area (Å²) in [6.07, 6.45) is 7.16. The molecule has 0 fully saturated rings. The van der Waals surface area contributed by atoms with E-state index in [9.17, 15) is 4.79 Å². The summed E-state index contributed by atoms with van der Waals surface area (Å²) in [4.78, 5) is 11.9. The summed E-state index contributed by atoms with van der Waals surface area (Å²) >= 11 is 0. The minimum Gasteiger partial charge on any atom is -0.407 e. The van der Waals surface area contributed by atoms with E-state index in [0.717, 1.165) is 19.1 Å². The first-order valence-electron chi connectivity index (χ1n) is 10.2. The summed E-state index contributed by atoms with van der Waals surface area (Å²) in [5.74, 6) is 0.205. The van der Waals surface area contributed by atoms with E-state index in [1.54, 1.807) is 0 Å². The van der Waals surface area contributed by atoms with Gasteiger partial charge in [-0.2, -0.15) is 0 Å². The van der Waals surface area contributed by atoms with Crippen LogP contribution < -0.4 is 10.4 Å². The van der Waals surface area contributed by atoms with E-state index in [0.29, 0.717) is 6.61 Å². The van der Waals surface area contributed by atoms with Crippen molar-refractivity contribution in [2.75, 3.05) is 6.61 Å². The Morgan fingerprint density at radius 1 is 1.00 bits per heavy atom. The molecule has 3 heteroatoms. The normalized spacial score (nSPS) is 22.8. The zero-order valence-corrected chi connectivity index (χ0v) is 18.5. The smallest absolute Gasteiger partial charge is 0.261 e. The van der Waals surface area contributed by atoms with Crippen LogP contribution in [-0.4, -0.2) is 21.2 Å². The number of benzene rings is 2. The van der Waals surface area contributed by atoms with Crippen LogP contribution in [0.3, 0.4) is 0 Å². The van der Waals surface area contributed by atoms with Gasteiger partial charge in [-0.15, -0.1) is 0 Å². The van der Waals surface area contributed by atoms with Crippen molar-refractivity contribution >= 4 is 25.0 Å². The summed E-state index contributed by atoms with van der Waals surface area (Å²) in [6.45, 7) is 9.55. The van der Waals surface area contributed by atoms with Gasteiger partial charge in [-0.25, -0.2) is 0 Å². The molecule has 0 N–H and O–H groups in total. The molecule has 148 valence electrons. The third-order valence-corrected chi connectivity index (χ3v) is 11.3. The highest BCUT2D eigenvalue weighted by Crippen LogP contribution is 2.40. The minimum absolute atomic E-state index is 0.0439. The fraction of sp³-hybridized carbons (Fsp3) is 0.400. The van der Waals surface area contributed by atoms with Gasteiger partial charge in [0.2, 0.25) is 0 Å². The van der Waals surface area contributed by atoms with Crippen LogP contribution >= 0.6 is 0 Å². The molecule has 0 amide bonds. The van der Waals surface area contributed by atoms with E-state index in [-0.39, 0.29) is 16.4 Å². The molecule has 2 aromatic rings. The van der Waals surface area contributed by atoms with E-state index >= 15 is 0 Å². The van der Waals surface area contributed by atoms with Crippen LogP contribution in [0.1, 0.15) is 40.5 Å². The van der Waals surface area contributed by atoms with Crippen LogP contribution in [0.2, 0.25) is 5.04 Å². The second-order valence-electron chi connectivity index (χ2n) is 9.21. The maximum absolute atomic E-state index is 11.9. The number of rotatable bonds is 6. The molecule has 2 nitrogen and oxygen atoms in total. The number of carbonyl (C=O) groups excluding carboxylic acids is 1. The Bertz CT molecular complexity index is 768. The van der Waals surface area contributed by atoms with Crippen molar-refractivity contribution in [3.63, 3.8) is 0 Å². The lowest BCUT2D eigenvalue weighted by atomic mass is 9.72. The lowest BCUT2D eigenvalue weighted by molar-refractivity contribution is -0.119. The van der Waals surface area contributed by atoms with Gasteiger partial charge in [0.1, 0.15) is 6.29 Å². The average molecular weight is 393 g/mol. The monoisotopic (exact) mass is 392 g/mol. The lowest BCUT2D eigenvalue weighted by Crippen LogP contribution is -2.67. The summed E-state index contributed by atoms with van der Waals surface area (Å²) in [7, 11) is -2.55. The molecule has 1 aliphatic carbocycles. The number of carbonyl (C=O) groups is 1. The maximum atomic E-state index is 11.9. The number of allylic oxidation sites excluding steroid dienone is 2. The highest BCUT2D eigenvalue weighted by molar-refractivity contribution is 6.99. The molecule has 0 spiro atoms. The van der Waals surface area contributed by atoms with E-state index in [1.165, 1.54) is 10.4 Å². The predicted octanol–water partition coefficient (Wildman–Crippen LogP) is 4.73. The van der Waals surface area contributed by atoms with Gasteiger partial charge >= 0.3 is 0 Å². The van der Waals surface area contributed by atoms with Crippen LogP contribution in [0.25, 0.3) is 0 Å². The maximum Gasteiger partial charge on any atom is 0.261 e. The fourth-order valence-electron chi connectivity index (χ4n) is 4.42. The highest BCUT2D eigenvalue weighted by Gasteiger charge is 2.51. The third kappa shape index (κ3) is 3.78. The van der Waals surface area contributed by atoms with Gasteiger partial charge in [0.25, 0.3) is 8.32 Å². The fourth-order valence-corrected chi connectivity index (χ4v) is 9.03. The van der Waals surface area contributed by atoms with Crippen LogP contribution in [0.4, 0.5) is 0 Å². The molecule has 2 aromatic carbocycles. The zero-order valence-electron chi connectivity index (χ0n) is 17.5. The first-order valence-corrected chi connectivity index (χ1v) is 12.1. The van der Waals surface area contributed by atoms with Crippen LogP contribution in [0.15, 0.2) is 72.8 Å². The van der Waals surface area contributed by atoms with Crippen molar-refractivity contribution in [3.05, 3.63) is 72.8 Å². The van der Waals surface area contributed by atoms with Crippen molar-refractivity contribution in [3.8, 4) is 0 Å².